The molecule has 1 aliphatic rings. The average Bonchev–Trinajstić information content (AvgIpc) is 3.51. The number of carbonyl (C=O) groups is 5. The van der Waals surface area contributed by atoms with Crippen molar-refractivity contribution in [1.29, 1.82) is 0 Å². The molecule has 0 aliphatic heterocycles. The number of alkyl halides is 3. The molecule has 3 aromatic carbocycles. The van der Waals surface area contributed by atoms with E-state index < -0.39 is 82.1 Å². The third-order valence-electron chi connectivity index (χ3n) is 8.59. The first kappa shape index (κ1) is 40.2. The predicted molar refractivity (Wildman–Crippen MR) is 189 cm³/mol. The largest absolute Gasteiger partial charge is 0.452 e. The monoisotopic (exact) mass is 806 g/mol. The van der Waals surface area contributed by atoms with Crippen LogP contribution in [0.4, 0.5) is 13.2 Å². The molecule has 0 saturated carbocycles. The zero-order valence-corrected chi connectivity index (χ0v) is 31.1. The van der Waals surface area contributed by atoms with Gasteiger partial charge >= 0.3 is 6.18 Å². The fourth-order valence-corrected chi connectivity index (χ4v) is 7.01. The van der Waals surface area contributed by atoms with Gasteiger partial charge in [-0.2, -0.15) is 13.2 Å². The Labute approximate surface area is 307 Å². The minimum absolute atomic E-state index is 0.0359. The van der Waals surface area contributed by atoms with Crippen LogP contribution in [0.25, 0.3) is 0 Å². The summed E-state index contributed by atoms with van der Waals surface area (Å²) < 4.78 is 67.8. The summed E-state index contributed by atoms with van der Waals surface area (Å²) in [4.78, 5) is 66.8. The number of sulfonamides is 1. The molecule has 0 radical (unpaired) electrons. The molecule has 0 heterocycles. The topological polar surface area (TPSA) is 159 Å². The van der Waals surface area contributed by atoms with E-state index in [1.54, 1.807) is 13.8 Å². The highest BCUT2D eigenvalue weighted by atomic mass is 79.9. The maximum absolute atomic E-state index is 14.2. The van der Waals surface area contributed by atoms with Gasteiger partial charge in [-0.3, -0.25) is 24.0 Å². The van der Waals surface area contributed by atoms with E-state index in [0.29, 0.717) is 17.3 Å². The summed E-state index contributed by atoms with van der Waals surface area (Å²) in [6, 6.07) is 14.4. The summed E-state index contributed by atoms with van der Waals surface area (Å²) >= 11 is 3.21. The summed E-state index contributed by atoms with van der Waals surface area (Å²) in [6.07, 6.45) is -4.48. The summed E-state index contributed by atoms with van der Waals surface area (Å²) in [5, 5.41) is 4.84. The van der Waals surface area contributed by atoms with Crippen molar-refractivity contribution >= 4 is 55.4 Å². The first-order valence-electron chi connectivity index (χ1n) is 16.3. The lowest BCUT2D eigenvalue weighted by molar-refractivity contribution is -0.175. The molecular weight excluding hydrogens is 769 g/mol. The molecule has 0 fully saturated rings. The van der Waals surface area contributed by atoms with Crippen LogP contribution < -0.4 is 15.4 Å². The second kappa shape index (κ2) is 16.4. The van der Waals surface area contributed by atoms with Crippen LogP contribution in [-0.2, 0) is 37.2 Å². The van der Waals surface area contributed by atoms with Crippen LogP contribution in [0.5, 0.6) is 0 Å². The van der Waals surface area contributed by atoms with Crippen LogP contribution in [0, 0.1) is 11.8 Å². The van der Waals surface area contributed by atoms with Crippen molar-refractivity contribution in [2.75, 3.05) is 6.54 Å². The van der Waals surface area contributed by atoms with Crippen LogP contribution in [0.1, 0.15) is 59.5 Å². The van der Waals surface area contributed by atoms with Gasteiger partial charge in [0.05, 0.1) is 17.5 Å². The Bertz CT molecular complexity index is 1910. The Hall–Kier alpha value is -4.57. The highest BCUT2D eigenvalue weighted by molar-refractivity contribution is 9.10. The van der Waals surface area contributed by atoms with Gasteiger partial charge in [-0.15, -0.1) is 0 Å². The van der Waals surface area contributed by atoms with E-state index >= 15 is 0 Å². The highest BCUT2D eigenvalue weighted by Crippen LogP contribution is 2.27. The van der Waals surface area contributed by atoms with E-state index in [-0.39, 0.29) is 16.0 Å². The molecule has 4 amide bonds. The van der Waals surface area contributed by atoms with Crippen LogP contribution >= 0.6 is 15.9 Å². The molecule has 2 unspecified atom stereocenters. The Kier molecular flexibility index (Phi) is 12.7. The van der Waals surface area contributed by atoms with Crippen molar-refractivity contribution in [3.05, 3.63) is 99.5 Å². The van der Waals surface area contributed by atoms with Crippen LogP contribution in [-0.4, -0.2) is 73.6 Å². The van der Waals surface area contributed by atoms with Crippen LogP contribution in [0.3, 0.4) is 0 Å². The molecule has 0 bridgehead atoms. The molecule has 278 valence electrons. The summed E-state index contributed by atoms with van der Waals surface area (Å²) in [7, 11) is -4.19. The van der Waals surface area contributed by atoms with Gasteiger partial charge in [0.2, 0.25) is 11.8 Å². The SMILES string of the molecule is CC(C)C(NC(=O)c1ccc(C(=O)NS(=O)(=O)c2ccc(Br)cc2)cc1)C(=O)N(CC(=O)NC(C(=O)C(F)(F)F)C(C)C)C1Cc2ccccc2C1. The smallest absolute Gasteiger partial charge is 0.344 e. The second-order valence-corrected chi connectivity index (χ2v) is 15.7. The zero-order chi connectivity index (χ0) is 38.5. The molecular formula is C36H38BrF3N4O7S. The Morgan fingerprint density at radius 2 is 1.27 bits per heavy atom. The molecule has 0 spiro atoms. The lowest BCUT2D eigenvalue weighted by atomic mass is 9.98. The molecule has 16 heteroatoms. The standard InChI is InChI=1S/C36H38BrF3N4O7S/c1-20(2)30(32(46)36(38,39)40)41-29(45)19-44(27-17-24-7-5-6-8-25(24)18-27)35(49)31(21(3)4)42-33(47)22-9-11-23(12-10-22)34(48)43-52(50,51)28-15-13-26(37)14-16-28/h5-16,20-21,27,30-31H,17-19H2,1-4H3,(H,41,45)(H,42,47)(H,43,48). The molecule has 1 aliphatic carbocycles. The van der Waals surface area contributed by atoms with Gasteiger partial charge in [-0.05, 0) is 84.3 Å². The summed E-state index contributed by atoms with van der Waals surface area (Å²) in [5.41, 5.74) is 1.83. The van der Waals surface area contributed by atoms with Crippen molar-refractivity contribution in [1.82, 2.24) is 20.3 Å². The van der Waals surface area contributed by atoms with Gasteiger partial charge in [-0.1, -0.05) is 67.9 Å². The van der Waals surface area contributed by atoms with Crippen molar-refractivity contribution in [3.63, 3.8) is 0 Å². The molecule has 52 heavy (non-hydrogen) atoms. The van der Waals surface area contributed by atoms with Crippen molar-refractivity contribution in [3.8, 4) is 0 Å². The van der Waals surface area contributed by atoms with Gasteiger partial charge in [0.15, 0.2) is 0 Å². The first-order chi connectivity index (χ1) is 24.3. The van der Waals surface area contributed by atoms with E-state index in [4.69, 9.17) is 0 Å². The van der Waals surface area contributed by atoms with E-state index in [9.17, 15) is 45.6 Å². The Balaban J connectivity index is 1.52. The number of halogens is 4. The van der Waals surface area contributed by atoms with E-state index in [1.165, 1.54) is 67.3 Å². The van der Waals surface area contributed by atoms with Crippen LogP contribution in [0.15, 0.2) is 82.2 Å². The van der Waals surface area contributed by atoms with E-state index in [0.717, 1.165) is 11.1 Å². The first-order valence-corrected chi connectivity index (χ1v) is 18.6. The third-order valence-corrected chi connectivity index (χ3v) is 10.5. The molecule has 3 aromatic rings. The highest BCUT2D eigenvalue weighted by Gasteiger charge is 2.45. The Morgan fingerprint density at radius 1 is 0.769 bits per heavy atom. The number of hydrogen-bond acceptors (Lipinski definition) is 7. The van der Waals surface area contributed by atoms with Gasteiger partial charge in [0.1, 0.15) is 6.04 Å². The summed E-state index contributed by atoms with van der Waals surface area (Å²) in [5.74, 6) is -6.79. The Morgan fingerprint density at radius 3 is 1.75 bits per heavy atom. The number of rotatable bonds is 13. The maximum Gasteiger partial charge on any atom is 0.452 e. The number of ketones is 1. The number of nitrogens with one attached hydrogen (secondary N) is 3. The molecule has 0 saturated heterocycles. The molecule has 2 atom stereocenters. The third kappa shape index (κ3) is 9.85. The van der Waals surface area contributed by atoms with Crippen molar-refractivity contribution in [2.45, 2.75) is 69.7 Å². The fraction of sp³-hybridized carbons (Fsp3) is 0.361. The number of hydrogen-bond donors (Lipinski definition) is 3. The zero-order valence-electron chi connectivity index (χ0n) is 28.7. The van der Waals surface area contributed by atoms with Gasteiger partial charge in [-0.25, -0.2) is 13.1 Å². The average molecular weight is 808 g/mol. The second-order valence-electron chi connectivity index (χ2n) is 13.1. The summed E-state index contributed by atoms with van der Waals surface area (Å²) in [6.45, 7) is 5.39. The normalized spacial score (nSPS) is 14.3. The van der Waals surface area contributed by atoms with Gasteiger partial charge in [0, 0.05) is 21.6 Å². The van der Waals surface area contributed by atoms with Gasteiger partial charge in [0.25, 0.3) is 27.6 Å². The lowest BCUT2D eigenvalue weighted by Gasteiger charge is -2.34. The molecule has 3 N–H and O–H groups in total. The number of Topliss-reactive ketones (excluding diaryl/α,β-unsaturated/α-hetero) is 1. The minimum atomic E-state index is -5.18. The number of fused-ring (bicyclic) bond motifs is 1. The minimum Gasteiger partial charge on any atom is -0.344 e. The van der Waals surface area contributed by atoms with Gasteiger partial charge < -0.3 is 15.5 Å². The number of benzene rings is 3. The number of nitrogens with zero attached hydrogens (tertiary/aromatic N) is 1. The maximum atomic E-state index is 14.2. The van der Waals surface area contributed by atoms with Crippen molar-refractivity contribution in [2.24, 2.45) is 11.8 Å². The lowest BCUT2D eigenvalue weighted by Crippen LogP contribution is -2.58. The van der Waals surface area contributed by atoms with Crippen molar-refractivity contribution < 1.29 is 45.6 Å². The van der Waals surface area contributed by atoms with E-state index in [2.05, 4.69) is 26.6 Å². The number of carbonyl (C=O) groups excluding carboxylic acids is 5. The number of amides is 4. The fourth-order valence-electron chi connectivity index (χ4n) is 5.77. The van der Waals surface area contributed by atoms with Crippen LogP contribution in [0.2, 0.25) is 0 Å². The quantitative estimate of drug-likeness (QED) is 0.228. The van der Waals surface area contributed by atoms with E-state index in [1.807, 2.05) is 29.0 Å². The molecule has 0 aromatic heterocycles. The molecule has 11 nitrogen and oxygen atoms in total. The molecule has 4 rings (SSSR count). The predicted octanol–water partition coefficient (Wildman–Crippen LogP) is 4.59.